The van der Waals surface area contributed by atoms with Crippen molar-refractivity contribution in [1.82, 2.24) is 20.4 Å². The number of amides is 2. The van der Waals surface area contributed by atoms with Crippen LogP contribution < -0.4 is 5.32 Å². The maximum Gasteiger partial charge on any atom is 0.410 e. The molecular weight excluding hydrogens is 480 g/mol. The number of ether oxygens (including phenoxy) is 1. The van der Waals surface area contributed by atoms with Gasteiger partial charge in [0.15, 0.2) is 0 Å². The Bertz CT molecular complexity index is 996. The summed E-state index contributed by atoms with van der Waals surface area (Å²) >= 11 is 0. The number of nitrogens with one attached hydrogen (secondary N) is 1. The first-order valence-electron chi connectivity index (χ1n) is 14.5. The molecule has 0 unspecified atom stereocenters. The zero-order chi connectivity index (χ0) is 27.4. The van der Waals surface area contributed by atoms with Gasteiger partial charge in [-0.2, -0.15) is 4.98 Å². The summed E-state index contributed by atoms with van der Waals surface area (Å²) in [5.74, 6) is 0.595. The first-order chi connectivity index (χ1) is 18.3. The number of aromatic nitrogens is 2. The molecule has 210 valence electrons. The van der Waals surface area contributed by atoms with Crippen molar-refractivity contribution in [3.05, 3.63) is 35.7 Å². The van der Waals surface area contributed by atoms with Gasteiger partial charge >= 0.3 is 6.09 Å². The van der Waals surface area contributed by atoms with E-state index in [0.29, 0.717) is 24.7 Å². The second-order valence-corrected chi connectivity index (χ2v) is 11.3. The first-order valence-corrected chi connectivity index (χ1v) is 14.5. The molecule has 1 N–H and O–H groups in total. The summed E-state index contributed by atoms with van der Waals surface area (Å²) in [6.07, 6.45) is 13.5. The van der Waals surface area contributed by atoms with Gasteiger partial charge in [-0.1, -0.05) is 81.3 Å². The molecule has 1 atom stereocenters. The second-order valence-electron chi connectivity index (χ2n) is 11.3. The molecule has 0 spiro atoms. The van der Waals surface area contributed by atoms with Crippen molar-refractivity contribution in [2.75, 3.05) is 6.54 Å². The lowest BCUT2D eigenvalue weighted by Crippen LogP contribution is -2.53. The molecule has 1 aliphatic heterocycles. The van der Waals surface area contributed by atoms with E-state index in [-0.39, 0.29) is 12.5 Å². The number of carbonyl (C=O) groups is 2. The van der Waals surface area contributed by atoms with E-state index in [1.54, 1.807) is 0 Å². The molecule has 8 heteroatoms. The monoisotopic (exact) mass is 526 g/mol. The van der Waals surface area contributed by atoms with E-state index in [2.05, 4.69) is 34.5 Å². The van der Waals surface area contributed by atoms with Crippen LogP contribution in [0.4, 0.5) is 4.79 Å². The molecule has 0 aliphatic carbocycles. The Hall–Kier alpha value is -2.90. The van der Waals surface area contributed by atoms with E-state index < -0.39 is 17.7 Å². The number of unbranched alkanes of at least 4 members (excludes halogenated alkanes) is 7. The largest absolute Gasteiger partial charge is 0.444 e. The third-order valence-corrected chi connectivity index (χ3v) is 6.85. The van der Waals surface area contributed by atoms with Crippen LogP contribution >= 0.6 is 0 Å². The highest BCUT2D eigenvalue weighted by molar-refractivity contribution is 5.85. The summed E-state index contributed by atoms with van der Waals surface area (Å²) in [5, 5.41) is 6.94. The molecule has 1 aromatic carbocycles. The molecule has 1 fully saturated rings. The summed E-state index contributed by atoms with van der Waals surface area (Å²) < 4.78 is 10.9. The molecule has 2 aromatic rings. The van der Waals surface area contributed by atoms with E-state index in [9.17, 15) is 9.59 Å². The molecule has 1 aliphatic rings. The first kappa shape index (κ1) is 29.7. The van der Waals surface area contributed by atoms with E-state index in [1.807, 2.05) is 32.9 Å². The predicted octanol–water partition coefficient (Wildman–Crippen LogP) is 6.83. The maximum atomic E-state index is 12.9. The van der Waals surface area contributed by atoms with Gasteiger partial charge in [0.25, 0.3) is 0 Å². The van der Waals surface area contributed by atoms with Crippen molar-refractivity contribution in [1.29, 1.82) is 0 Å². The van der Waals surface area contributed by atoms with Crippen molar-refractivity contribution < 1.29 is 18.8 Å². The molecule has 0 bridgehead atoms. The van der Waals surface area contributed by atoms with Gasteiger partial charge < -0.3 is 14.6 Å². The zero-order valence-electron chi connectivity index (χ0n) is 23.8. The molecule has 2 heterocycles. The van der Waals surface area contributed by atoms with Crippen LogP contribution in [0.5, 0.6) is 0 Å². The van der Waals surface area contributed by atoms with Crippen molar-refractivity contribution in [2.24, 2.45) is 0 Å². The fourth-order valence-electron chi connectivity index (χ4n) is 4.75. The van der Waals surface area contributed by atoms with Crippen LogP contribution in [-0.4, -0.2) is 45.2 Å². The lowest BCUT2D eigenvalue weighted by atomic mass is 10.0. The summed E-state index contributed by atoms with van der Waals surface area (Å²) in [5.41, 5.74) is 1.59. The van der Waals surface area contributed by atoms with Crippen molar-refractivity contribution in [2.45, 2.75) is 123 Å². The molecular formula is C30H46N4O4. The average Bonchev–Trinajstić information content (AvgIpc) is 3.37. The molecule has 3 rings (SSSR count). The molecule has 38 heavy (non-hydrogen) atoms. The summed E-state index contributed by atoms with van der Waals surface area (Å²) in [7, 11) is 0. The number of benzene rings is 1. The Labute approximate surface area is 227 Å². The van der Waals surface area contributed by atoms with E-state index >= 15 is 0 Å². The van der Waals surface area contributed by atoms with Gasteiger partial charge in [0.2, 0.25) is 17.6 Å². The number of nitrogens with zero attached hydrogens (tertiary/aromatic N) is 3. The van der Waals surface area contributed by atoms with E-state index in [0.717, 1.165) is 24.8 Å². The van der Waals surface area contributed by atoms with Gasteiger partial charge in [0.05, 0.1) is 6.54 Å². The van der Waals surface area contributed by atoms with Crippen LogP contribution in [0.2, 0.25) is 0 Å². The van der Waals surface area contributed by atoms with Gasteiger partial charge in [0, 0.05) is 12.1 Å². The van der Waals surface area contributed by atoms with Crippen LogP contribution in [0.15, 0.2) is 28.8 Å². The highest BCUT2D eigenvalue weighted by atomic mass is 16.6. The molecule has 8 nitrogen and oxygen atoms in total. The lowest BCUT2D eigenvalue weighted by molar-refractivity contribution is -0.127. The minimum Gasteiger partial charge on any atom is -0.444 e. The summed E-state index contributed by atoms with van der Waals surface area (Å²) in [6.45, 7) is 8.34. The number of hydrogen-bond acceptors (Lipinski definition) is 6. The highest BCUT2D eigenvalue weighted by Crippen LogP contribution is 2.22. The van der Waals surface area contributed by atoms with Gasteiger partial charge in [-0.3, -0.25) is 9.69 Å². The lowest BCUT2D eigenvalue weighted by Gasteiger charge is -2.35. The van der Waals surface area contributed by atoms with Crippen LogP contribution in [0, 0.1) is 0 Å². The van der Waals surface area contributed by atoms with Gasteiger partial charge in [-0.25, -0.2) is 4.79 Å². The number of rotatable bonds is 13. The van der Waals surface area contributed by atoms with E-state index in [1.165, 1.54) is 61.8 Å². The smallest absolute Gasteiger partial charge is 0.410 e. The minimum absolute atomic E-state index is 0.112. The number of likely N-dealkylation sites (tertiary alicyclic amines) is 1. The summed E-state index contributed by atoms with van der Waals surface area (Å²) in [4.78, 5) is 31.5. The van der Waals surface area contributed by atoms with Crippen LogP contribution in [-0.2, 0) is 22.5 Å². The average molecular weight is 527 g/mol. The van der Waals surface area contributed by atoms with Crippen molar-refractivity contribution in [3.63, 3.8) is 0 Å². The standard InChI is InChI=1S/C30H46N4O4/c1-5-6-7-8-9-10-11-12-15-23-17-19-24(20-18-23)27-32-26(38-33-27)22-31-28(35)25-16-13-14-21-34(25)29(36)37-30(2,3)4/h17-20,25H,5-16,21-22H2,1-4H3,(H,31,35)/t25-/m0/s1. The van der Waals surface area contributed by atoms with Crippen LogP contribution in [0.25, 0.3) is 11.4 Å². The Kier molecular flexibility index (Phi) is 11.6. The van der Waals surface area contributed by atoms with Crippen LogP contribution in [0.3, 0.4) is 0 Å². The third-order valence-electron chi connectivity index (χ3n) is 6.85. The third kappa shape index (κ3) is 9.76. The number of hydrogen-bond donors (Lipinski definition) is 1. The topological polar surface area (TPSA) is 97.6 Å². The Morgan fingerprint density at radius 3 is 2.39 bits per heavy atom. The molecule has 1 aromatic heterocycles. The Morgan fingerprint density at radius 1 is 1.03 bits per heavy atom. The van der Waals surface area contributed by atoms with Crippen molar-refractivity contribution >= 4 is 12.0 Å². The Morgan fingerprint density at radius 2 is 1.71 bits per heavy atom. The van der Waals surface area contributed by atoms with Gasteiger partial charge in [-0.15, -0.1) is 0 Å². The molecule has 0 radical (unpaired) electrons. The van der Waals surface area contributed by atoms with Crippen LogP contribution in [0.1, 0.15) is 110 Å². The highest BCUT2D eigenvalue weighted by Gasteiger charge is 2.34. The Balaban J connectivity index is 1.44. The second kappa shape index (κ2) is 14.9. The van der Waals surface area contributed by atoms with E-state index in [4.69, 9.17) is 9.26 Å². The summed E-state index contributed by atoms with van der Waals surface area (Å²) in [6, 6.07) is 7.74. The number of piperidine rings is 1. The zero-order valence-corrected chi connectivity index (χ0v) is 23.8. The fourth-order valence-corrected chi connectivity index (χ4v) is 4.75. The van der Waals surface area contributed by atoms with Gasteiger partial charge in [-0.05, 0) is 58.4 Å². The molecule has 1 saturated heterocycles. The van der Waals surface area contributed by atoms with Crippen molar-refractivity contribution in [3.8, 4) is 11.4 Å². The fraction of sp³-hybridized carbons (Fsp3) is 0.667. The number of aryl methyl sites for hydroxylation is 1. The quantitative estimate of drug-likeness (QED) is 0.287. The van der Waals surface area contributed by atoms with Gasteiger partial charge in [0.1, 0.15) is 11.6 Å². The normalized spacial score (nSPS) is 15.9. The maximum absolute atomic E-state index is 12.9. The number of carbonyl (C=O) groups excluding carboxylic acids is 2. The minimum atomic E-state index is -0.610. The predicted molar refractivity (Wildman–Crippen MR) is 148 cm³/mol. The molecule has 0 saturated carbocycles. The molecule has 2 amide bonds. The SMILES string of the molecule is CCCCCCCCCCc1ccc(-c2noc(CNC(=O)[C@@H]3CCCCN3C(=O)OC(C)(C)C)n2)cc1.